The fourth-order valence-corrected chi connectivity index (χ4v) is 2.26. The minimum atomic E-state index is -0.184. The Hall–Kier alpha value is -2.08. The van der Waals surface area contributed by atoms with Gasteiger partial charge in [-0.2, -0.15) is 5.26 Å². The van der Waals surface area contributed by atoms with Crippen molar-refractivity contribution in [1.82, 2.24) is 9.97 Å². The summed E-state index contributed by atoms with van der Waals surface area (Å²) in [6, 6.07) is 10.5. The van der Waals surface area contributed by atoms with Crippen LogP contribution < -0.4 is 0 Å². The van der Waals surface area contributed by atoms with Gasteiger partial charge in [-0.05, 0) is 25.3 Å². The number of rotatable bonds is 3. The number of nitrogens with one attached hydrogen (secondary N) is 1. The first-order chi connectivity index (χ1) is 9.04. The van der Waals surface area contributed by atoms with Crippen molar-refractivity contribution in [3.05, 3.63) is 41.3 Å². The number of hydrogen-bond donors (Lipinski definition) is 1. The molecule has 98 valence electrons. The van der Waals surface area contributed by atoms with E-state index < -0.39 is 0 Å². The van der Waals surface area contributed by atoms with Crippen LogP contribution in [-0.2, 0) is 0 Å². The molecule has 3 nitrogen and oxygen atoms in total. The summed E-state index contributed by atoms with van der Waals surface area (Å²) in [7, 11) is 0. The lowest BCUT2D eigenvalue weighted by atomic mass is 9.97. The van der Waals surface area contributed by atoms with E-state index in [1.165, 1.54) is 5.56 Å². The molecule has 0 saturated heterocycles. The minimum Gasteiger partial charge on any atom is -0.344 e. The van der Waals surface area contributed by atoms with E-state index >= 15 is 0 Å². The summed E-state index contributed by atoms with van der Waals surface area (Å²) in [4.78, 5) is 7.92. The molecular weight excluding hydrogens is 234 g/mol. The summed E-state index contributed by atoms with van der Waals surface area (Å²) >= 11 is 0. The van der Waals surface area contributed by atoms with Crippen molar-refractivity contribution in [1.29, 1.82) is 5.26 Å². The Bertz CT molecular complexity index is 617. The van der Waals surface area contributed by atoms with Gasteiger partial charge in [0.2, 0.25) is 0 Å². The Morgan fingerprint density at radius 1 is 1.21 bits per heavy atom. The lowest BCUT2D eigenvalue weighted by Gasteiger charge is -2.09. The zero-order chi connectivity index (χ0) is 14.0. The molecule has 19 heavy (non-hydrogen) atoms. The summed E-state index contributed by atoms with van der Waals surface area (Å²) in [6.07, 6.45) is 0. The smallest absolute Gasteiger partial charge is 0.124 e. The van der Waals surface area contributed by atoms with Crippen LogP contribution in [0.4, 0.5) is 0 Å². The van der Waals surface area contributed by atoms with E-state index in [9.17, 15) is 5.26 Å². The van der Waals surface area contributed by atoms with Crippen LogP contribution >= 0.6 is 0 Å². The van der Waals surface area contributed by atoms with E-state index in [-0.39, 0.29) is 11.8 Å². The summed E-state index contributed by atoms with van der Waals surface area (Å²) < 4.78 is 0. The van der Waals surface area contributed by atoms with Crippen molar-refractivity contribution >= 4 is 0 Å². The monoisotopic (exact) mass is 253 g/mol. The highest BCUT2D eigenvalue weighted by atomic mass is 14.9. The van der Waals surface area contributed by atoms with Crippen molar-refractivity contribution in [3.63, 3.8) is 0 Å². The molecule has 1 unspecified atom stereocenters. The van der Waals surface area contributed by atoms with Crippen LogP contribution in [0.25, 0.3) is 11.3 Å². The first-order valence-electron chi connectivity index (χ1n) is 6.56. The largest absolute Gasteiger partial charge is 0.344 e. The van der Waals surface area contributed by atoms with Crippen molar-refractivity contribution in [2.24, 2.45) is 5.92 Å². The van der Waals surface area contributed by atoms with Crippen LogP contribution in [0.1, 0.15) is 36.8 Å². The van der Waals surface area contributed by atoms with E-state index in [0.29, 0.717) is 0 Å². The molecule has 3 heteroatoms. The molecule has 1 N–H and O–H groups in total. The molecule has 0 aliphatic rings. The third-order valence-corrected chi connectivity index (χ3v) is 3.40. The number of H-pyrrole nitrogens is 1. The number of aromatic amines is 1. The molecule has 0 bridgehead atoms. The fraction of sp³-hybridized carbons (Fsp3) is 0.375. The molecule has 0 fully saturated rings. The topological polar surface area (TPSA) is 52.5 Å². The van der Waals surface area contributed by atoms with Gasteiger partial charge < -0.3 is 4.98 Å². The van der Waals surface area contributed by atoms with Crippen LogP contribution in [0, 0.1) is 31.1 Å². The Morgan fingerprint density at radius 2 is 1.89 bits per heavy atom. The quantitative estimate of drug-likeness (QED) is 0.900. The molecule has 1 heterocycles. The predicted octanol–water partition coefficient (Wildman–Crippen LogP) is 3.96. The van der Waals surface area contributed by atoms with Crippen molar-refractivity contribution in [2.75, 3.05) is 0 Å². The second kappa shape index (κ2) is 5.27. The van der Waals surface area contributed by atoms with E-state index in [2.05, 4.69) is 35.1 Å². The Labute approximate surface area is 114 Å². The first-order valence-corrected chi connectivity index (χ1v) is 6.56. The zero-order valence-electron chi connectivity index (χ0n) is 11.9. The maximum absolute atomic E-state index is 9.27. The standard InChI is InChI=1S/C16H19N3/c1-10(2)14(9-17)16-18-12(4)15(19-16)13-8-6-5-7-11(13)3/h5-8,10,14H,1-4H3,(H,18,19). The highest BCUT2D eigenvalue weighted by Crippen LogP contribution is 2.28. The van der Waals surface area contributed by atoms with Crippen LogP contribution in [0.5, 0.6) is 0 Å². The molecule has 2 rings (SSSR count). The van der Waals surface area contributed by atoms with Gasteiger partial charge in [0.1, 0.15) is 11.7 Å². The van der Waals surface area contributed by atoms with Crippen LogP contribution in [-0.4, -0.2) is 9.97 Å². The molecular formula is C16H19N3. The Kier molecular flexibility index (Phi) is 3.71. The van der Waals surface area contributed by atoms with Gasteiger partial charge in [-0.15, -0.1) is 0 Å². The molecule has 0 aliphatic carbocycles. The molecule has 1 aromatic heterocycles. The third-order valence-electron chi connectivity index (χ3n) is 3.40. The van der Waals surface area contributed by atoms with Crippen molar-refractivity contribution in [2.45, 2.75) is 33.6 Å². The van der Waals surface area contributed by atoms with Crippen molar-refractivity contribution < 1.29 is 0 Å². The molecule has 1 atom stereocenters. The highest BCUT2D eigenvalue weighted by molar-refractivity contribution is 5.65. The Morgan fingerprint density at radius 3 is 2.47 bits per heavy atom. The molecule has 0 radical (unpaired) electrons. The summed E-state index contributed by atoms with van der Waals surface area (Å²) in [5, 5.41) is 9.27. The second-order valence-corrected chi connectivity index (χ2v) is 5.26. The van der Waals surface area contributed by atoms with E-state index in [0.717, 1.165) is 22.8 Å². The van der Waals surface area contributed by atoms with Gasteiger partial charge in [0.25, 0.3) is 0 Å². The summed E-state index contributed by atoms with van der Waals surface area (Å²) in [6.45, 7) is 8.17. The van der Waals surface area contributed by atoms with Crippen LogP contribution in [0.3, 0.4) is 0 Å². The lowest BCUT2D eigenvalue weighted by molar-refractivity contribution is 0.565. The first kappa shape index (κ1) is 13.4. The van der Waals surface area contributed by atoms with E-state index in [1.54, 1.807) is 0 Å². The van der Waals surface area contributed by atoms with Gasteiger partial charge in [0, 0.05) is 11.3 Å². The van der Waals surface area contributed by atoms with Crippen LogP contribution in [0.15, 0.2) is 24.3 Å². The average molecular weight is 253 g/mol. The maximum atomic E-state index is 9.27. The maximum Gasteiger partial charge on any atom is 0.124 e. The number of imidazole rings is 1. The predicted molar refractivity (Wildman–Crippen MR) is 76.7 cm³/mol. The van der Waals surface area contributed by atoms with Crippen molar-refractivity contribution in [3.8, 4) is 17.3 Å². The number of hydrogen-bond acceptors (Lipinski definition) is 2. The van der Waals surface area contributed by atoms with Gasteiger partial charge in [-0.25, -0.2) is 4.98 Å². The number of benzene rings is 1. The fourth-order valence-electron chi connectivity index (χ4n) is 2.26. The zero-order valence-corrected chi connectivity index (χ0v) is 11.9. The Balaban J connectivity index is 2.49. The lowest BCUT2D eigenvalue weighted by Crippen LogP contribution is -2.06. The van der Waals surface area contributed by atoms with E-state index in [1.807, 2.05) is 32.9 Å². The number of nitrogens with zero attached hydrogens (tertiary/aromatic N) is 2. The summed E-state index contributed by atoms with van der Waals surface area (Å²) in [5.74, 6) is 0.838. The van der Waals surface area contributed by atoms with Gasteiger partial charge in [-0.3, -0.25) is 0 Å². The minimum absolute atomic E-state index is 0.184. The van der Waals surface area contributed by atoms with Crippen LogP contribution in [0.2, 0.25) is 0 Å². The normalized spacial score (nSPS) is 12.4. The highest BCUT2D eigenvalue weighted by Gasteiger charge is 2.20. The third kappa shape index (κ3) is 2.53. The summed E-state index contributed by atoms with van der Waals surface area (Å²) in [5.41, 5.74) is 4.30. The number of aromatic nitrogens is 2. The van der Waals surface area contributed by atoms with Gasteiger partial charge in [0.05, 0.1) is 11.8 Å². The van der Waals surface area contributed by atoms with Gasteiger partial charge >= 0.3 is 0 Å². The SMILES string of the molecule is Cc1ccccc1-c1nc(C(C#N)C(C)C)[nH]c1C. The molecule has 0 spiro atoms. The molecule has 0 amide bonds. The van der Waals surface area contributed by atoms with Gasteiger partial charge in [0.15, 0.2) is 0 Å². The molecule has 1 aromatic carbocycles. The average Bonchev–Trinajstić information content (AvgIpc) is 2.72. The molecule has 0 saturated carbocycles. The second-order valence-electron chi connectivity index (χ2n) is 5.26. The number of nitriles is 1. The van der Waals surface area contributed by atoms with E-state index in [4.69, 9.17) is 0 Å². The molecule has 2 aromatic rings. The van der Waals surface area contributed by atoms with Gasteiger partial charge in [-0.1, -0.05) is 38.1 Å². The molecule has 0 aliphatic heterocycles. The number of aryl methyl sites for hydroxylation is 2.